The average molecular weight is 263 g/mol. The normalized spacial score (nSPS) is 12.2. The Morgan fingerprint density at radius 1 is 1.00 bits per heavy atom. The fourth-order valence-corrected chi connectivity index (χ4v) is 2.06. The summed E-state index contributed by atoms with van der Waals surface area (Å²) in [5.74, 6) is 0.975. The molecule has 0 bridgehead atoms. The van der Waals surface area contributed by atoms with Crippen LogP contribution in [0.4, 0.5) is 5.69 Å². The van der Waals surface area contributed by atoms with E-state index in [4.69, 9.17) is 4.74 Å². The summed E-state index contributed by atoms with van der Waals surface area (Å²) in [6, 6.07) is 8.87. The topological polar surface area (TPSA) is 21.3 Å². The summed E-state index contributed by atoms with van der Waals surface area (Å²) in [6.07, 6.45) is 7.40. The van der Waals surface area contributed by atoms with Crippen LogP contribution in [-0.2, 0) is 0 Å². The van der Waals surface area contributed by atoms with Gasteiger partial charge in [0.05, 0.1) is 6.61 Å². The van der Waals surface area contributed by atoms with E-state index < -0.39 is 0 Å². The molecule has 1 aromatic carbocycles. The van der Waals surface area contributed by atoms with Crippen LogP contribution in [0.2, 0.25) is 0 Å². The molecule has 0 heterocycles. The Labute approximate surface area is 118 Å². The predicted octanol–water partition coefficient (Wildman–Crippen LogP) is 5.25. The zero-order chi connectivity index (χ0) is 13.9. The van der Waals surface area contributed by atoms with E-state index in [9.17, 15) is 0 Å². The van der Waals surface area contributed by atoms with Crippen molar-refractivity contribution in [1.29, 1.82) is 0 Å². The van der Waals surface area contributed by atoms with Gasteiger partial charge < -0.3 is 10.1 Å². The maximum Gasteiger partial charge on any atom is 0.119 e. The first kappa shape index (κ1) is 15.9. The number of hydrogen-bond donors (Lipinski definition) is 1. The molecule has 0 aliphatic heterocycles. The van der Waals surface area contributed by atoms with Crippen LogP contribution in [0.1, 0.15) is 59.3 Å². The van der Waals surface area contributed by atoms with Crippen molar-refractivity contribution in [1.82, 2.24) is 0 Å². The van der Waals surface area contributed by atoms with Gasteiger partial charge in [-0.25, -0.2) is 0 Å². The molecule has 0 fully saturated rings. The van der Waals surface area contributed by atoms with Crippen LogP contribution in [0.25, 0.3) is 0 Å². The standard InChI is InChI=1S/C17H29NO/c1-4-6-8-14-19-17-12-10-16(11-13-17)18-15(3)9-7-5-2/h10-13,15,18H,4-9,14H2,1-3H3. The Morgan fingerprint density at radius 2 is 1.68 bits per heavy atom. The maximum absolute atomic E-state index is 5.71. The monoisotopic (exact) mass is 263 g/mol. The summed E-state index contributed by atoms with van der Waals surface area (Å²) >= 11 is 0. The molecule has 2 heteroatoms. The van der Waals surface area contributed by atoms with Crippen LogP contribution in [0.15, 0.2) is 24.3 Å². The molecule has 1 aromatic rings. The third kappa shape index (κ3) is 7.09. The van der Waals surface area contributed by atoms with E-state index in [1.807, 2.05) is 0 Å². The van der Waals surface area contributed by atoms with Gasteiger partial charge in [0, 0.05) is 11.7 Å². The highest BCUT2D eigenvalue weighted by Gasteiger charge is 2.01. The van der Waals surface area contributed by atoms with Crippen molar-refractivity contribution in [3.63, 3.8) is 0 Å². The van der Waals surface area contributed by atoms with Crippen molar-refractivity contribution in [2.75, 3.05) is 11.9 Å². The van der Waals surface area contributed by atoms with Gasteiger partial charge >= 0.3 is 0 Å². The van der Waals surface area contributed by atoms with Crippen LogP contribution in [0.5, 0.6) is 5.75 Å². The molecule has 0 spiro atoms. The summed E-state index contributed by atoms with van der Waals surface area (Å²) in [5.41, 5.74) is 1.18. The quantitative estimate of drug-likeness (QED) is 0.582. The number of nitrogens with one attached hydrogen (secondary N) is 1. The van der Waals surface area contributed by atoms with Gasteiger partial charge in [-0.3, -0.25) is 0 Å². The van der Waals surface area contributed by atoms with Gasteiger partial charge in [-0.1, -0.05) is 39.5 Å². The number of rotatable bonds is 10. The highest BCUT2D eigenvalue weighted by molar-refractivity contribution is 5.46. The van der Waals surface area contributed by atoms with E-state index in [1.54, 1.807) is 0 Å². The second kappa shape index (κ2) is 9.71. The van der Waals surface area contributed by atoms with Crippen LogP contribution >= 0.6 is 0 Å². The molecule has 1 N–H and O–H groups in total. The van der Waals surface area contributed by atoms with Crippen molar-refractivity contribution < 1.29 is 4.74 Å². The van der Waals surface area contributed by atoms with E-state index in [2.05, 4.69) is 50.4 Å². The smallest absolute Gasteiger partial charge is 0.119 e. The molecular formula is C17H29NO. The lowest BCUT2D eigenvalue weighted by molar-refractivity contribution is 0.306. The fraction of sp³-hybridized carbons (Fsp3) is 0.647. The molecule has 0 aromatic heterocycles. The first-order chi connectivity index (χ1) is 9.26. The largest absolute Gasteiger partial charge is 0.494 e. The minimum absolute atomic E-state index is 0.538. The van der Waals surface area contributed by atoms with Gasteiger partial charge in [0.25, 0.3) is 0 Å². The summed E-state index contributed by atoms with van der Waals surface area (Å²) in [7, 11) is 0. The minimum Gasteiger partial charge on any atom is -0.494 e. The lowest BCUT2D eigenvalue weighted by Crippen LogP contribution is -2.14. The van der Waals surface area contributed by atoms with Gasteiger partial charge in [-0.05, 0) is 44.0 Å². The van der Waals surface area contributed by atoms with Crippen molar-refractivity contribution in [2.45, 2.75) is 65.3 Å². The third-order valence-corrected chi connectivity index (χ3v) is 3.27. The molecule has 0 aliphatic carbocycles. The first-order valence-electron chi connectivity index (χ1n) is 7.75. The zero-order valence-corrected chi connectivity index (χ0v) is 12.7. The van der Waals surface area contributed by atoms with E-state index in [1.165, 1.54) is 37.8 Å². The molecule has 2 nitrogen and oxygen atoms in total. The molecule has 19 heavy (non-hydrogen) atoms. The van der Waals surface area contributed by atoms with E-state index in [0.717, 1.165) is 18.8 Å². The van der Waals surface area contributed by atoms with Crippen molar-refractivity contribution in [3.05, 3.63) is 24.3 Å². The summed E-state index contributed by atoms with van der Waals surface area (Å²) in [5, 5.41) is 3.52. The number of hydrogen-bond acceptors (Lipinski definition) is 2. The summed E-state index contributed by atoms with van der Waals surface area (Å²) in [4.78, 5) is 0. The van der Waals surface area contributed by atoms with Crippen LogP contribution in [0.3, 0.4) is 0 Å². The van der Waals surface area contributed by atoms with Crippen molar-refractivity contribution >= 4 is 5.69 Å². The molecule has 0 amide bonds. The lowest BCUT2D eigenvalue weighted by Gasteiger charge is -2.15. The SMILES string of the molecule is CCCCCOc1ccc(NC(C)CCCC)cc1. The molecule has 108 valence electrons. The Hall–Kier alpha value is -1.18. The fourth-order valence-electron chi connectivity index (χ4n) is 2.06. The van der Waals surface area contributed by atoms with Crippen LogP contribution in [0, 0.1) is 0 Å². The zero-order valence-electron chi connectivity index (χ0n) is 12.7. The van der Waals surface area contributed by atoms with Crippen molar-refractivity contribution in [2.24, 2.45) is 0 Å². The van der Waals surface area contributed by atoms with E-state index >= 15 is 0 Å². The van der Waals surface area contributed by atoms with Gasteiger partial charge in [0.2, 0.25) is 0 Å². The van der Waals surface area contributed by atoms with Crippen LogP contribution < -0.4 is 10.1 Å². The Bertz CT molecular complexity index is 321. The summed E-state index contributed by atoms with van der Waals surface area (Å²) in [6.45, 7) is 7.51. The highest BCUT2D eigenvalue weighted by atomic mass is 16.5. The Morgan fingerprint density at radius 3 is 2.32 bits per heavy atom. The molecule has 1 rings (SSSR count). The second-order valence-electron chi connectivity index (χ2n) is 5.27. The van der Waals surface area contributed by atoms with Gasteiger partial charge in [0.15, 0.2) is 0 Å². The van der Waals surface area contributed by atoms with Gasteiger partial charge in [0.1, 0.15) is 5.75 Å². The number of anilines is 1. The third-order valence-electron chi connectivity index (χ3n) is 3.27. The second-order valence-corrected chi connectivity index (χ2v) is 5.27. The number of unbranched alkanes of at least 4 members (excludes halogenated alkanes) is 3. The number of ether oxygens (including phenoxy) is 1. The lowest BCUT2D eigenvalue weighted by atomic mass is 10.1. The maximum atomic E-state index is 5.71. The highest BCUT2D eigenvalue weighted by Crippen LogP contribution is 2.17. The molecule has 0 aliphatic rings. The predicted molar refractivity (Wildman–Crippen MR) is 84.1 cm³/mol. The Balaban J connectivity index is 2.30. The van der Waals surface area contributed by atoms with Crippen LogP contribution in [-0.4, -0.2) is 12.6 Å². The molecular weight excluding hydrogens is 234 g/mol. The summed E-state index contributed by atoms with van der Waals surface area (Å²) < 4.78 is 5.71. The first-order valence-corrected chi connectivity index (χ1v) is 7.75. The van der Waals surface area contributed by atoms with Crippen molar-refractivity contribution in [3.8, 4) is 5.75 Å². The molecule has 0 radical (unpaired) electrons. The molecule has 0 saturated heterocycles. The molecule has 1 atom stereocenters. The van der Waals surface area contributed by atoms with Gasteiger partial charge in [-0.15, -0.1) is 0 Å². The molecule has 0 saturated carbocycles. The number of benzene rings is 1. The van der Waals surface area contributed by atoms with E-state index in [-0.39, 0.29) is 0 Å². The van der Waals surface area contributed by atoms with Gasteiger partial charge in [-0.2, -0.15) is 0 Å². The Kier molecular flexibility index (Phi) is 8.11. The minimum atomic E-state index is 0.538. The average Bonchev–Trinajstić information content (AvgIpc) is 2.43. The molecule has 1 unspecified atom stereocenters. The van der Waals surface area contributed by atoms with E-state index in [0.29, 0.717) is 6.04 Å².